The van der Waals surface area contributed by atoms with E-state index in [-0.39, 0.29) is 0 Å². The molecule has 0 saturated carbocycles. The summed E-state index contributed by atoms with van der Waals surface area (Å²) in [4.78, 5) is 4.16. The number of nitrogens with two attached hydrogens (primary N) is 1. The fourth-order valence-corrected chi connectivity index (χ4v) is 2.18. The number of nitrogen functional groups attached to an aromatic ring is 1. The molecule has 19 heavy (non-hydrogen) atoms. The second-order valence-electron chi connectivity index (χ2n) is 4.26. The Morgan fingerprint density at radius 3 is 2.84 bits per heavy atom. The quantitative estimate of drug-likeness (QED) is 0.685. The molecule has 0 bridgehead atoms. The smallest absolute Gasteiger partial charge is 0.0633 e. The summed E-state index contributed by atoms with van der Waals surface area (Å²) >= 11 is 5.99. The molecular weight excluding hydrogens is 258 g/mol. The topological polar surface area (TPSA) is 50.9 Å². The monoisotopic (exact) mass is 269 g/mol. The summed E-state index contributed by atoms with van der Waals surface area (Å²) in [7, 11) is 0. The van der Waals surface area contributed by atoms with Crippen molar-refractivity contribution in [3.05, 3.63) is 59.9 Å². The maximum absolute atomic E-state index is 5.99. The van der Waals surface area contributed by atoms with E-state index in [0.29, 0.717) is 10.7 Å². The molecule has 3 N–H and O–H groups in total. The molecule has 0 spiro atoms. The van der Waals surface area contributed by atoms with E-state index >= 15 is 0 Å². The second-order valence-corrected chi connectivity index (χ2v) is 4.70. The first-order chi connectivity index (χ1) is 9.24. The zero-order chi connectivity index (χ0) is 13.2. The predicted octanol–water partition coefficient (Wildman–Crippen LogP) is 4.21. The zero-order valence-corrected chi connectivity index (χ0v) is 10.9. The molecule has 0 unspecified atom stereocenters. The molecule has 0 aliphatic carbocycles. The molecule has 1 heterocycles. The van der Waals surface area contributed by atoms with Crippen LogP contribution in [0.4, 0.5) is 17.1 Å². The van der Waals surface area contributed by atoms with Crippen LogP contribution in [0.1, 0.15) is 0 Å². The molecule has 0 aliphatic heterocycles. The van der Waals surface area contributed by atoms with Crippen molar-refractivity contribution < 1.29 is 0 Å². The third-order valence-electron chi connectivity index (χ3n) is 2.97. The highest BCUT2D eigenvalue weighted by molar-refractivity contribution is 6.31. The summed E-state index contributed by atoms with van der Waals surface area (Å²) < 4.78 is 0. The fourth-order valence-electron chi connectivity index (χ4n) is 2.00. The van der Waals surface area contributed by atoms with Crippen LogP contribution in [-0.2, 0) is 0 Å². The van der Waals surface area contributed by atoms with Crippen molar-refractivity contribution in [2.45, 2.75) is 0 Å². The minimum absolute atomic E-state index is 0.648. The SMILES string of the molecule is Nc1ccc(Cl)cc1Nc1cccc2ccncc12. The number of halogens is 1. The van der Waals surface area contributed by atoms with Crippen LogP contribution in [0.3, 0.4) is 0 Å². The fraction of sp³-hybridized carbons (Fsp3) is 0. The van der Waals surface area contributed by atoms with E-state index in [0.717, 1.165) is 22.1 Å². The Morgan fingerprint density at radius 1 is 1.05 bits per heavy atom. The largest absolute Gasteiger partial charge is 0.397 e. The van der Waals surface area contributed by atoms with Crippen molar-refractivity contribution in [3.8, 4) is 0 Å². The van der Waals surface area contributed by atoms with Gasteiger partial charge in [0.15, 0.2) is 0 Å². The van der Waals surface area contributed by atoms with Crippen molar-refractivity contribution in [2.24, 2.45) is 0 Å². The lowest BCUT2D eigenvalue weighted by atomic mass is 10.1. The maximum Gasteiger partial charge on any atom is 0.0633 e. The van der Waals surface area contributed by atoms with Gasteiger partial charge in [-0.3, -0.25) is 4.98 Å². The van der Waals surface area contributed by atoms with Crippen molar-refractivity contribution in [3.63, 3.8) is 0 Å². The van der Waals surface area contributed by atoms with Gasteiger partial charge < -0.3 is 11.1 Å². The third-order valence-corrected chi connectivity index (χ3v) is 3.20. The number of aromatic nitrogens is 1. The Labute approximate surface area is 116 Å². The molecule has 1 aromatic heterocycles. The van der Waals surface area contributed by atoms with Crippen LogP contribution in [0.5, 0.6) is 0 Å². The molecule has 0 saturated heterocycles. The van der Waals surface area contributed by atoms with Gasteiger partial charge in [0.05, 0.1) is 11.4 Å². The van der Waals surface area contributed by atoms with E-state index in [1.165, 1.54) is 0 Å². The molecule has 0 fully saturated rings. The van der Waals surface area contributed by atoms with Crippen LogP contribution < -0.4 is 11.1 Å². The lowest BCUT2D eigenvalue weighted by Gasteiger charge is -2.12. The van der Waals surface area contributed by atoms with Gasteiger partial charge in [0.2, 0.25) is 0 Å². The minimum atomic E-state index is 0.648. The van der Waals surface area contributed by atoms with Gasteiger partial charge in [0.25, 0.3) is 0 Å². The zero-order valence-electron chi connectivity index (χ0n) is 10.1. The van der Waals surface area contributed by atoms with Crippen LogP contribution in [0.2, 0.25) is 5.02 Å². The number of fused-ring (bicyclic) bond motifs is 1. The third kappa shape index (κ3) is 2.33. The van der Waals surface area contributed by atoms with Crippen molar-refractivity contribution in [2.75, 3.05) is 11.1 Å². The highest BCUT2D eigenvalue weighted by Gasteiger charge is 2.04. The van der Waals surface area contributed by atoms with Crippen molar-refractivity contribution in [1.29, 1.82) is 0 Å². The second kappa shape index (κ2) is 4.78. The number of hydrogen-bond acceptors (Lipinski definition) is 3. The van der Waals surface area contributed by atoms with Gasteiger partial charge in [-0.1, -0.05) is 23.7 Å². The number of nitrogens with one attached hydrogen (secondary N) is 1. The highest BCUT2D eigenvalue weighted by Crippen LogP contribution is 2.30. The molecule has 0 atom stereocenters. The molecule has 3 aromatic rings. The standard InChI is InChI=1S/C15H12ClN3/c16-11-4-5-13(17)15(8-11)19-14-3-1-2-10-6-7-18-9-12(10)14/h1-9,19H,17H2. The first-order valence-electron chi connectivity index (χ1n) is 5.89. The molecule has 3 rings (SSSR count). The molecule has 0 amide bonds. The Bertz CT molecular complexity index is 735. The van der Waals surface area contributed by atoms with Gasteiger partial charge in [-0.15, -0.1) is 0 Å². The number of anilines is 3. The summed E-state index contributed by atoms with van der Waals surface area (Å²) in [6, 6.07) is 13.4. The maximum atomic E-state index is 5.99. The van der Waals surface area contributed by atoms with Gasteiger partial charge >= 0.3 is 0 Å². The molecule has 94 valence electrons. The van der Waals surface area contributed by atoms with Gasteiger partial charge in [0, 0.05) is 28.5 Å². The summed E-state index contributed by atoms with van der Waals surface area (Å²) in [6.45, 7) is 0. The van der Waals surface area contributed by atoms with E-state index in [1.807, 2.05) is 36.5 Å². The van der Waals surface area contributed by atoms with Crippen LogP contribution in [0, 0.1) is 0 Å². The van der Waals surface area contributed by atoms with Crippen LogP contribution in [-0.4, -0.2) is 4.98 Å². The van der Waals surface area contributed by atoms with Crippen molar-refractivity contribution >= 4 is 39.4 Å². The first-order valence-corrected chi connectivity index (χ1v) is 6.26. The predicted molar refractivity (Wildman–Crippen MR) is 80.9 cm³/mol. The molecule has 0 aliphatic rings. The number of pyridine rings is 1. The van der Waals surface area contributed by atoms with Crippen LogP contribution in [0.15, 0.2) is 54.9 Å². The Kier molecular flexibility index (Phi) is 2.97. The number of hydrogen-bond donors (Lipinski definition) is 2. The molecular formula is C15H12ClN3. The van der Waals surface area contributed by atoms with Gasteiger partial charge in [-0.2, -0.15) is 0 Å². The normalized spacial score (nSPS) is 10.6. The van der Waals surface area contributed by atoms with E-state index < -0.39 is 0 Å². The highest BCUT2D eigenvalue weighted by atomic mass is 35.5. The molecule has 0 radical (unpaired) electrons. The Morgan fingerprint density at radius 2 is 1.95 bits per heavy atom. The van der Waals surface area contributed by atoms with E-state index in [2.05, 4.69) is 10.3 Å². The van der Waals surface area contributed by atoms with E-state index in [4.69, 9.17) is 17.3 Å². The summed E-state index contributed by atoms with van der Waals surface area (Å²) in [6.07, 6.45) is 3.61. The van der Waals surface area contributed by atoms with Gasteiger partial charge in [-0.05, 0) is 35.7 Å². The minimum Gasteiger partial charge on any atom is -0.397 e. The first kappa shape index (κ1) is 11.8. The van der Waals surface area contributed by atoms with Gasteiger partial charge in [0.1, 0.15) is 0 Å². The average Bonchev–Trinajstić information content (AvgIpc) is 2.43. The summed E-state index contributed by atoms with van der Waals surface area (Å²) in [5, 5.41) is 6.13. The molecule has 2 aromatic carbocycles. The molecule has 4 heteroatoms. The lowest BCUT2D eigenvalue weighted by molar-refractivity contribution is 1.36. The average molecular weight is 270 g/mol. The lowest BCUT2D eigenvalue weighted by Crippen LogP contribution is -1.96. The van der Waals surface area contributed by atoms with Crippen LogP contribution >= 0.6 is 11.6 Å². The Hall–Kier alpha value is -2.26. The van der Waals surface area contributed by atoms with E-state index in [1.54, 1.807) is 18.3 Å². The Balaban J connectivity index is 2.08. The number of nitrogens with zero attached hydrogens (tertiary/aromatic N) is 1. The van der Waals surface area contributed by atoms with Gasteiger partial charge in [-0.25, -0.2) is 0 Å². The van der Waals surface area contributed by atoms with E-state index in [9.17, 15) is 0 Å². The molecule has 3 nitrogen and oxygen atoms in total. The number of benzene rings is 2. The van der Waals surface area contributed by atoms with Crippen LogP contribution in [0.25, 0.3) is 10.8 Å². The summed E-state index contributed by atoms with van der Waals surface area (Å²) in [5.41, 5.74) is 8.36. The van der Waals surface area contributed by atoms with Crippen molar-refractivity contribution in [1.82, 2.24) is 4.98 Å². The number of rotatable bonds is 2. The summed E-state index contributed by atoms with van der Waals surface area (Å²) in [5.74, 6) is 0.